The summed E-state index contributed by atoms with van der Waals surface area (Å²) in [5.74, 6) is 3.63. The molecule has 4 saturated carbocycles. The van der Waals surface area contributed by atoms with Gasteiger partial charge in [-0.2, -0.15) is 11.8 Å². The van der Waals surface area contributed by atoms with Gasteiger partial charge in [0.05, 0.1) is 12.7 Å². The Bertz CT molecular complexity index is 746. The van der Waals surface area contributed by atoms with Gasteiger partial charge in [0.1, 0.15) is 11.8 Å². The standard InChI is InChI=1S/C24H34N2O3S/c1-29-21-6-4-3-5-19(21)22(27)26-20(7-8-30-2)23(28)25-15-24-12-16-9-17(13-24)11-18(10-16)14-24/h3-6,16-18,20H,7-15H2,1-2H3,(H,25,28)(H,26,27). The first-order valence-electron chi connectivity index (χ1n) is 11.2. The third-order valence-corrected chi connectivity index (χ3v) is 8.03. The van der Waals surface area contributed by atoms with Gasteiger partial charge in [0, 0.05) is 6.54 Å². The highest BCUT2D eigenvalue weighted by Gasteiger charge is 2.50. The van der Waals surface area contributed by atoms with E-state index in [-0.39, 0.29) is 11.8 Å². The lowest BCUT2D eigenvalue weighted by Gasteiger charge is -2.57. The molecule has 30 heavy (non-hydrogen) atoms. The van der Waals surface area contributed by atoms with Crippen molar-refractivity contribution in [2.45, 2.75) is 51.0 Å². The first kappa shape index (κ1) is 21.5. The van der Waals surface area contributed by atoms with Crippen LogP contribution in [0.3, 0.4) is 0 Å². The molecule has 5 nitrogen and oxygen atoms in total. The van der Waals surface area contributed by atoms with Crippen molar-refractivity contribution in [2.24, 2.45) is 23.2 Å². The quantitative estimate of drug-likeness (QED) is 0.624. The van der Waals surface area contributed by atoms with E-state index >= 15 is 0 Å². The van der Waals surface area contributed by atoms with Crippen LogP contribution in [0.15, 0.2) is 24.3 Å². The molecule has 4 aliphatic carbocycles. The largest absolute Gasteiger partial charge is 0.496 e. The zero-order valence-corrected chi connectivity index (χ0v) is 18.9. The molecule has 1 aromatic carbocycles. The number of methoxy groups -OCH3 is 1. The molecule has 0 aliphatic heterocycles. The molecule has 1 atom stereocenters. The van der Waals surface area contributed by atoms with Crippen LogP contribution >= 0.6 is 11.8 Å². The van der Waals surface area contributed by atoms with Crippen molar-refractivity contribution >= 4 is 23.6 Å². The van der Waals surface area contributed by atoms with Gasteiger partial charge >= 0.3 is 0 Å². The molecule has 1 aromatic rings. The van der Waals surface area contributed by atoms with E-state index in [2.05, 4.69) is 10.6 Å². The van der Waals surface area contributed by atoms with Crippen LogP contribution in [0.5, 0.6) is 5.75 Å². The molecule has 1 unspecified atom stereocenters. The van der Waals surface area contributed by atoms with E-state index in [1.807, 2.05) is 12.3 Å². The average Bonchev–Trinajstić information content (AvgIpc) is 2.74. The van der Waals surface area contributed by atoms with Crippen molar-refractivity contribution in [1.29, 1.82) is 0 Å². The molecule has 0 heterocycles. The van der Waals surface area contributed by atoms with Crippen LogP contribution in [0.2, 0.25) is 0 Å². The Balaban J connectivity index is 1.39. The Hall–Kier alpha value is -1.69. The van der Waals surface area contributed by atoms with Crippen LogP contribution in [-0.2, 0) is 4.79 Å². The molecule has 5 rings (SSSR count). The maximum Gasteiger partial charge on any atom is 0.255 e. The summed E-state index contributed by atoms with van der Waals surface area (Å²) in [6.07, 6.45) is 10.6. The molecule has 0 radical (unpaired) electrons. The average molecular weight is 431 g/mol. The highest BCUT2D eigenvalue weighted by Crippen LogP contribution is 2.59. The molecule has 0 aromatic heterocycles. The monoisotopic (exact) mass is 430 g/mol. The third-order valence-electron chi connectivity index (χ3n) is 7.39. The minimum absolute atomic E-state index is 0.0527. The number of nitrogens with one attached hydrogen (secondary N) is 2. The molecular formula is C24H34N2O3S. The molecule has 2 amide bonds. The zero-order chi connectivity index (χ0) is 21.1. The molecule has 6 heteroatoms. The number of para-hydroxylation sites is 1. The first-order valence-corrected chi connectivity index (χ1v) is 12.6. The van der Waals surface area contributed by atoms with Gasteiger partial charge in [-0.15, -0.1) is 0 Å². The molecular weight excluding hydrogens is 396 g/mol. The lowest BCUT2D eigenvalue weighted by atomic mass is 9.49. The molecule has 4 aliphatic rings. The molecule has 4 fully saturated rings. The molecule has 0 spiro atoms. The Morgan fingerprint density at radius 3 is 2.37 bits per heavy atom. The fourth-order valence-corrected chi connectivity index (χ4v) is 6.95. The summed E-state index contributed by atoms with van der Waals surface area (Å²) < 4.78 is 5.31. The lowest BCUT2D eigenvalue weighted by molar-refractivity contribution is -0.125. The number of rotatable bonds is 9. The van der Waals surface area contributed by atoms with Crippen molar-refractivity contribution in [1.82, 2.24) is 10.6 Å². The van der Waals surface area contributed by atoms with Crippen LogP contribution < -0.4 is 15.4 Å². The minimum atomic E-state index is -0.524. The van der Waals surface area contributed by atoms with Crippen molar-refractivity contribution in [3.63, 3.8) is 0 Å². The summed E-state index contributed by atoms with van der Waals surface area (Å²) in [5.41, 5.74) is 0.754. The van der Waals surface area contributed by atoms with Crippen LogP contribution in [0.25, 0.3) is 0 Å². The Labute approximate surface area is 184 Å². The highest BCUT2D eigenvalue weighted by molar-refractivity contribution is 7.98. The fourth-order valence-electron chi connectivity index (χ4n) is 6.48. The van der Waals surface area contributed by atoms with E-state index in [0.717, 1.165) is 30.1 Å². The second-order valence-electron chi connectivity index (χ2n) is 9.64. The van der Waals surface area contributed by atoms with E-state index < -0.39 is 6.04 Å². The van der Waals surface area contributed by atoms with Gasteiger partial charge in [-0.25, -0.2) is 0 Å². The number of amides is 2. The van der Waals surface area contributed by atoms with Crippen molar-refractivity contribution < 1.29 is 14.3 Å². The van der Waals surface area contributed by atoms with E-state index in [4.69, 9.17) is 4.74 Å². The first-order chi connectivity index (χ1) is 14.5. The normalized spacial score (nSPS) is 30.0. The van der Waals surface area contributed by atoms with Gasteiger partial charge < -0.3 is 15.4 Å². The Kier molecular flexibility index (Phi) is 6.61. The lowest BCUT2D eigenvalue weighted by Crippen LogP contribution is -2.54. The smallest absolute Gasteiger partial charge is 0.255 e. The number of thioether (sulfide) groups is 1. The maximum atomic E-state index is 13.1. The van der Waals surface area contributed by atoms with Crippen LogP contribution in [0.1, 0.15) is 55.3 Å². The van der Waals surface area contributed by atoms with E-state index in [1.165, 1.54) is 38.5 Å². The van der Waals surface area contributed by atoms with Crippen molar-refractivity contribution in [3.05, 3.63) is 29.8 Å². The summed E-state index contributed by atoms with van der Waals surface area (Å²) in [6, 6.07) is 6.61. The predicted octanol–water partition coefficient (Wildman–Crippen LogP) is 3.88. The summed E-state index contributed by atoms with van der Waals surface area (Å²) >= 11 is 1.69. The van der Waals surface area contributed by atoms with Gasteiger partial charge in [-0.3, -0.25) is 9.59 Å². The van der Waals surface area contributed by atoms with Crippen LogP contribution in [-0.4, -0.2) is 43.5 Å². The maximum absolute atomic E-state index is 13.1. The number of carbonyl (C=O) groups excluding carboxylic acids is 2. The number of hydrogen-bond acceptors (Lipinski definition) is 4. The van der Waals surface area contributed by atoms with Gasteiger partial charge in [0.25, 0.3) is 5.91 Å². The van der Waals surface area contributed by atoms with E-state index in [9.17, 15) is 9.59 Å². The molecule has 2 N–H and O–H groups in total. The van der Waals surface area contributed by atoms with E-state index in [0.29, 0.717) is 23.1 Å². The minimum Gasteiger partial charge on any atom is -0.496 e. The Morgan fingerprint density at radius 2 is 1.77 bits per heavy atom. The molecule has 4 bridgehead atoms. The molecule has 164 valence electrons. The highest BCUT2D eigenvalue weighted by atomic mass is 32.2. The number of carbonyl (C=O) groups is 2. The zero-order valence-electron chi connectivity index (χ0n) is 18.1. The van der Waals surface area contributed by atoms with Crippen molar-refractivity contribution in [2.75, 3.05) is 25.7 Å². The number of ether oxygens (including phenoxy) is 1. The summed E-state index contributed by atoms with van der Waals surface area (Å²) in [7, 11) is 1.55. The molecule has 0 saturated heterocycles. The predicted molar refractivity (Wildman–Crippen MR) is 121 cm³/mol. The summed E-state index contributed by atoms with van der Waals surface area (Å²) in [4.78, 5) is 25.9. The van der Waals surface area contributed by atoms with Crippen molar-refractivity contribution in [3.8, 4) is 5.75 Å². The van der Waals surface area contributed by atoms with E-state index in [1.54, 1.807) is 37.1 Å². The second-order valence-corrected chi connectivity index (χ2v) is 10.6. The number of benzene rings is 1. The summed E-state index contributed by atoms with van der Waals surface area (Å²) in [6.45, 7) is 0.760. The van der Waals surface area contributed by atoms with Crippen LogP contribution in [0, 0.1) is 23.2 Å². The SMILES string of the molecule is COc1ccccc1C(=O)NC(CCSC)C(=O)NCC12CC3CC(CC(C3)C1)C2. The van der Waals surface area contributed by atoms with Gasteiger partial charge in [-0.1, -0.05) is 12.1 Å². The number of hydrogen-bond donors (Lipinski definition) is 2. The summed E-state index contributed by atoms with van der Waals surface area (Å²) in [5, 5.41) is 6.20. The third kappa shape index (κ3) is 4.63. The second kappa shape index (κ2) is 9.21. The van der Waals surface area contributed by atoms with Gasteiger partial charge in [0.2, 0.25) is 5.91 Å². The fraction of sp³-hybridized carbons (Fsp3) is 0.667. The van der Waals surface area contributed by atoms with Gasteiger partial charge in [0.15, 0.2) is 0 Å². The van der Waals surface area contributed by atoms with Gasteiger partial charge in [-0.05, 0) is 92.3 Å². The van der Waals surface area contributed by atoms with Crippen LogP contribution in [0.4, 0.5) is 0 Å². The Morgan fingerprint density at radius 1 is 1.13 bits per heavy atom. The topological polar surface area (TPSA) is 67.4 Å².